The lowest BCUT2D eigenvalue weighted by atomic mass is 9.88. The van der Waals surface area contributed by atoms with Gasteiger partial charge in [-0.25, -0.2) is 0 Å². The maximum Gasteiger partial charge on any atom is 0.418 e. The second-order valence-electron chi connectivity index (χ2n) is 7.94. The molecule has 2 aliphatic rings. The quantitative estimate of drug-likeness (QED) is 0.744. The summed E-state index contributed by atoms with van der Waals surface area (Å²) >= 11 is 1.33. The number of halogens is 3. The molecule has 1 aromatic carbocycles. The van der Waals surface area contributed by atoms with Gasteiger partial charge in [-0.15, -0.1) is 5.10 Å². The Hall–Kier alpha value is -2.56. The number of aryl methyl sites for hydroxylation is 1. The van der Waals surface area contributed by atoms with Crippen LogP contribution in [-0.4, -0.2) is 37.1 Å². The molecule has 7 nitrogen and oxygen atoms in total. The Balaban J connectivity index is 1.90. The maximum absolute atomic E-state index is 14.1. The van der Waals surface area contributed by atoms with Gasteiger partial charge in [-0.05, 0) is 53.3 Å². The lowest BCUT2D eigenvalue weighted by Crippen LogP contribution is -2.51. The Labute approximate surface area is 181 Å². The van der Waals surface area contributed by atoms with E-state index in [2.05, 4.69) is 15.5 Å². The van der Waals surface area contributed by atoms with Crippen molar-refractivity contribution in [1.29, 1.82) is 0 Å². The Kier molecular flexibility index (Phi) is 5.48. The fraction of sp³-hybridized carbons (Fsp3) is 0.500. The molecule has 1 aromatic heterocycles. The molecule has 2 N–H and O–H groups in total. The molecule has 2 aromatic rings. The van der Waals surface area contributed by atoms with Gasteiger partial charge in [0, 0.05) is 12.2 Å². The van der Waals surface area contributed by atoms with Crippen LogP contribution < -0.4 is 5.73 Å². The monoisotopic (exact) mass is 452 g/mol. The number of aromatic nitrogens is 4. The van der Waals surface area contributed by atoms with E-state index in [1.54, 1.807) is 13.0 Å². The van der Waals surface area contributed by atoms with E-state index in [0.29, 0.717) is 5.56 Å². The smallest absolute Gasteiger partial charge is 0.369 e. The Morgan fingerprint density at radius 2 is 2.03 bits per heavy atom. The number of amides is 1. The van der Waals surface area contributed by atoms with Crippen molar-refractivity contribution in [3.05, 3.63) is 46.8 Å². The molecule has 166 valence electrons. The fourth-order valence-electron chi connectivity index (χ4n) is 4.56. The van der Waals surface area contributed by atoms with Gasteiger partial charge in [0.2, 0.25) is 5.91 Å². The van der Waals surface area contributed by atoms with Gasteiger partial charge in [0.05, 0.1) is 17.2 Å². The number of nitrogens with two attached hydrogens (primary N) is 1. The highest BCUT2D eigenvalue weighted by Gasteiger charge is 2.51. The standard InChI is InChI=1S/C20H23F3N6OS/c1-12(18(24)30)19(28(9-10-31-19)15-5-3-4-6-15)14-7-8-17(16(11-14)20(21,22)23)29-13(2)25-26-27-29/h7-12,15H,3-6H2,1-2H3,(H2,24,30). The van der Waals surface area contributed by atoms with Gasteiger partial charge < -0.3 is 10.6 Å². The Bertz CT molecular complexity index is 1020. The molecule has 1 saturated carbocycles. The van der Waals surface area contributed by atoms with E-state index in [0.717, 1.165) is 36.4 Å². The second-order valence-corrected chi connectivity index (χ2v) is 9.07. The summed E-state index contributed by atoms with van der Waals surface area (Å²) in [7, 11) is 0. The highest BCUT2D eigenvalue weighted by atomic mass is 32.2. The molecule has 4 rings (SSSR count). The van der Waals surface area contributed by atoms with Gasteiger partial charge in [-0.3, -0.25) is 4.79 Å². The summed E-state index contributed by atoms with van der Waals surface area (Å²) in [4.78, 5) is 13.3. The van der Waals surface area contributed by atoms with E-state index in [4.69, 9.17) is 5.73 Å². The third-order valence-corrected chi connectivity index (χ3v) is 7.57. The summed E-state index contributed by atoms with van der Waals surface area (Å²) in [6.45, 7) is 3.21. The molecule has 1 aliphatic heterocycles. The van der Waals surface area contributed by atoms with Crippen molar-refractivity contribution >= 4 is 17.7 Å². The van der Waals surface area contributed by atoms with Crippen molar-refractivity contribution in [2.24, 2.45) is 11.7 Å². The van der Waals surface area contributed by atoms with Crippen LogP contribution in [0.15, 0.2) is 29.8 Å². The molecular formula is C20H23F3N6OS. The van der Waals surface area contributed by atoms with Crippen molar-refractivity contribution in [2.75, 3.05) is 0 Å². The zero-order valence-corrected chi connectivity index (χ0v) is 18.0. The minimum Gasteiger partial charge on any atom is -0.369 e. The minimum absolute atomic E-state index is 0.142. The number of hydrogen-bond donors (Lipinski definition) is 1. The average Bonchev–Trinajstić information content (AvgIpc) is 3.46. The molecule has 1 aliphatic carbocycles. The van der Waals surface area contributed by atoms with Crippen LogP contribution in [0.2, 0.25) is 0 Å². The zero-order chi connectivity index (χ0) is 22.4. The summed E-state index contributed by atoms with van der Waals surface area (Å²) in [6, 6.07) is 4.23. The molecule has 0 radical (unpaired) electrons. The summed E-state index contributed by atoms with van der Waals surface area (Å²) in [5, 5.41) is 12.7. The third kappa shape index (κ3) is 3.58. The molecular weight excluding hydrogens is 429 g/mol. The maximum atomic E-state index is 14.1. The van der Waals surface area contributed by atoms with E-state index >= 15 is 0 Å². The van der Waals surface area contributed by atoms with Gasteiger partial charge in [-0.2, -0.15) is 17.9 Å². The number of nitrogens with zero attached hydrogens (tertiary/aromatic N) is 5. The van der Waals surface area contributed by atoms with E-state index in [1.165, 1.54) is 24.8 Å². The summed E-state index contributed by atoms with van der Waals surface area (Å²) < 4.78 is 43.4. The van der Waals surface area contributed by atoms with Crippen LogP contribution >= 0.6 is 11.8 Å². The molecule has 0 saturated heterocycles. The summed E-state index contributed by atoms with van der Waals surface area (Å²) in [5.74, 6) is -1.05. The summed E-state index contributed by atoms with van der Waals surface area (Å²) in [6.07, 6.45) is 1.18. The average molecular weight is 453 g/mol. The van der Waals surface area contributed by atoms with Crippen molar-refractivity contribution in [1.82, 2.24) is 25.1 Å². The van der Waals surface area contributed by atoms with Gasteiger partial charge in [0.25, 0.3) is 0 Å². The van der Waals surface area contributed by atoms with Crippen molar-refractivity contribution < 1.29 is 18.0 Å². The van der Waals surface area contributed by atoms with Gasteiger partial charge >= 0.3 is 6.18 Å². The van der Waals surface area contributed by atoms with Crippen LogP contribution in [0, 0.1) is 12.8 Å². The van der Waals surface area contributed by atoms with Crippen molar-refractivity contribution in [2.45, 2.75) is 56.6 Å². The third-order valence-electron chi connectivity index (χ3n) is 6.15. The van der Waals surface area contributed by atoms with E-state index in [9.17, 15) is 18.0 Å². The first-order valence-electron chi connectivity index (χ1n) is 10.1. The number of thioether (sulfide) groups is 1. The number of tetrazole rings is 1. The number of benzene rings is 1. The number of hydrogen-bond acceptors (Lipinski definition) is 6. The predicted molar refractivity (Wildman–Crippen MR) is 110 cm³/mol. The van der Waals surface area contributed by atoms with Crippen molar-refractivity contribution in [3.8, 4) is 5.69 Å². The van der Waals surface area contributed by atoms with Crippen LogP contribution in [0.3, 0.4) is 0 Å². The molecule has 1 fully saturated rings. The molecule has 2 heterocycles. The first-order valence-corrected chi connectivity index (χ1v) is 10.9. The molecule has 2 unspecified atom stereocenters. The molecule has 2 atom stereocenters. The number of carbonyl (C=O) groups is 1. The molecule has 31 heavy (non-hydrogen) atoms. The lowest BCUT2D eigenvalue weighted by molar-refractivity contribution is -0.137. The van der Waals surface area contributed by atoms with Crippen LogP contribution in [0.5, 0.6) is 0 Å². The number of alkyl halides is 3. The molecule has 1 amide bonds. The number of rotatable bonds is 5. The molecule has 11 heteroatoms. The first kappa shape index (κ1) is 21.7. The van der Waals surface area contributed by atoms with Gasteiger partial charge in [0.15, 0.2) is 5.82 Å². The zero-order valence-electron chi connectivity index (χ0n) is 17.1. The number of carbonyl (C=O) groups excluding carboxylic acids is 1. The normalized spacial score (nSPS) is 22.9. The minimum atomic E-state index is -4.64. The second kappa shape index (κ2) is 7.85. The summed E-state index contributed by atoms with van der Waals surface area (Å²) in [5.41, 5.74) is 5.04. The Morgan fingerprint density at radius 3 is 2.61 bits per heavy atom. The predicted octanol–water partition coefficient (Wildman–Crippen LogP) is 3.73. The van der Waals surface area contributed by atoms with Crippen LogP contribution in [0.25, 0.3) is 5.69 Å². The van der Waals surface area contributed by atoms with Gasteiger partial charge in [-0.1, -0.05) is 37.6 Å². The Morgan fingerprint density at radius 1 is 1.32 bits per heavy atom. The fourth-order valence-corrected chi connectivity index (χ4v) is 5.87. The van der Waals surface area contributed by atoms with Crippen molar-refractivity contribution in [3.63, 3.8) is 0 Å². The number of primary amides is 1. The first-order chi connectivity index (χ1) is 14.7. The highest BCUT2D eigenvalue weighted by Crippen LogP contribution is 2.54. The molecule has 0 bridgehead atoms. The van der Waals surface area contributed by atoms with Crippen LogP contribution in [-0.2, 0) is 15.8 Å². The largest absolute Gasteiger partial charge is 0.418 e. The molecule has 0 spiro atoms. The van der Waals surface area contributed by atoms with Crippen LogP contribution in [0.4, 0.5) is 13.2 Å². The highest BCUT2D eigenvalue weighted by molar-refractivity contribution is 8.03. The van der Waals surface area contributed by atoms with Gasteiger partial charge in [0.1, 0.15) is 4.87 Å². The van der Waals surface area contributed by atoms with Crippen LogP contribution in [0.1, 0.15) is 49.6 Å². The SMILES string of the molecule is Cc1nnnn1-c1ccc(C2(C(C)C(N)=O)SC=CN2C2CCCC2)cc1C(F)(F)F. The van der Waals surface area contributed by atoms with E-state index < -0.39 is 28.4 Å². The van der Waals surface area contributed by atoms with E-state index in [1.807, 2.05) is 16.5 Å². The topological polar surface area (TPSA) is 89.9 Å². The van der Waals surface area contributed by atoms with E-state index in [-0.39, 0.29) is 17.6 Å². The lowest BCUT2D eigenvalue weighted by Gasteiger charge is -2.45.